The van der Waals surface area contributed by atoms with Crippen LogP contribution in [0.5, 0.6) is 0 Å². The molecule has 126 valence electrons. The zero-order valence-electron chi connectivity index (χ0n) is 14.0. The predicted molar refractivity (Wildman–Crippen MR) is 92.8 cm³/mol. The van der Waals surface area contributed by atoms with Crippen molar-refractivity contribution in [1.82, 2.24) is 4.90 Å². The van der Waals surface area contributed by atoms with Crippen LogP contribution in [0.1, 0.15) is 31.9 Å². The monoisotopic (exact) mass is 337 g/mol. The number of halogens is 1. The number of hydrogen-bond donors (Lipinski definition) is 0. The summed E-state index contributed by atoms with van der Waals surface area (Å²) in [7, 11) is 0. The topological polar surface area (TPSA) is 38.8 Å². The van der Waals surface area contributed by atoms with Crippen molar-refractivity contribution in [3.05, 3.63) is 40.9 Å². The Morgan fingerprint density at radius 3 is 2.91 bits per heavy atom. The lowest BCUT2D eigenvalue weighted by Gasteiger charge is -2.34. The molecule has 1 aliphatic heterocycles. The standard InChI is InChI=1S/C18H24ClNO3/c1-5-15-13(7-6-8-16(15)19)11-14-12-20(9-10-22-14)17(21)23-18(2,3)4/h5-8,14H,1,9-12H2,2-4H3. The van der Waals surface area contributed by atoms with Crippen LogP contribution in [0.25, 0.3) is 6.08 Å². The molecule has 1 fully saturated rings. The Morgan fingerprint density at radius 1 is 1.52 bits per heavy atom. The lowest BCUT2D eigenvalue weighted by atomic mass is 10.0. The van der Waals surface area contributed by atoms with E-state index in [0.717, 1.165) is 11.1 Å². The van der Waals surface area contributed by atoms with Gasteiger partial charge >= 0.3 is 6.09 Å². The molecule has 0 spiro atoms. The molecule has 0 N–H and O–H groups in total. The van der Waals surface area contributed by atoms with Crippen molar-refractivity contribution in [2.75, 3.05) is 19.7 Å². The van der Waals surface area contributed by atoms with Crippen molar-refractivity contribution in [2.45, 2.75) is 38.9 Å². The maximum absolute atomic E-state index is 12.2. The number of amides is 1. The van der Waals surface area contributed by atoms with Crippen LogP contribution in [0.2, 0.25) is 5.02 Å². The van der Waals surface area contributed by atoms with Crippen LogP contribution in [-0.2, 0) is 15.9 Å². The Labute approximate surface area is 143 Å². The number of rotatable bonds is 3. The number of benzene rings is 1. The van der Waals surface area contributed by atoms with Gasteiger partial charge in [0.05, 0.1) is 19.3 Å². The first-order chi connectivity index (χ1) is 10.8. The molecular weight excluding hydrogens is 314 g/mol. The molecule has 0 aliphatic carbocycles. The highest BCUT2D eigenvalue weighted by Crippen LogP contribution is 2.24. The van der Waals surface area contributed by atoms with E-state index in [1.165, 1.54) is 0 Å². The second-order valence-electron chi connectivity index (χ2n) is 6.64. The van der Waals surface area contributed by atoms with Gasteiger partial charge in [-0.1, -0.05) is 36.4 Å². The summed E-state index contributed by atoms with van der Waals surface area (Å²) in [6, 6.07) is 5.77. The quantitative estimate of drug-likeness (QED) is 0.831. The highest BCUT2D eigenvalue weighted by Gasteiger charge is 2.28. The van der Waals surface area contributed by atoms with Crippen molar-refractivity contribution in [1.29, 1.82) is 0 Å². The van der Waals surface area contributed by atoms with Crippen molar-refractivity contribution in [3.63, 3.8) is 0 Å². The molecule has 5 heteroatoms. The van der Waals surface area contributed by atoms with E-state index >= 15 is 0 Å². The van der Waals surface area contributed by atoms with E-state index in [0.29, 0.717) is 31.1 Å². The van der Waals surface area contributed by atoms with Gasteiger partial charge in [0.15, 0.2) is 0 Å². The van der Waals surface area contributed by atoms with Gasteiger partial charge in [-0.2, -0.15) is 0 Å². The Bertz CT molecular complexity index is 580. The third-order valence-corrected chi connectivity index (χ3v) is 3.91. The second-order valence-corrected chi connectivity index (χ2v) is 7.05. The highest BCUT2D eigenvalue weighted by molar-refractivity contribution is 6.32. The van der Waals surface area contributed by atoms with Gasteiger partial charge in [0.2, 0.25) is 0 Å². The first-order valence-corrected chi connectivity index (χ1v) is 8.17. The van der Waals surface area contributed by atoms with E-state index in [1.54, 1.807) is 11.0 Å². The van der Waals surface area contributed by atoms with Gasteiger partial charge in [0.25, 0.3) is 0 Å². The summed E-state index contributed by atoms with van der Waals surface area (Å²) >= 11 is 6.20. The van der Waals surface area contributed by atoms with Crippen molar-refractivity contribution in [3.8, 4) is 0 Å². The molecule has 1 aromatic carbocycles. The molecule has 1 unspecified atom stereocenters. The summed E-state index contributed by atoms with van der Waals surface area (Å²) in [4.78, 5) is 13.9. The molecule has 1 saturated heterocycles. The minimum Gasteiger partial charge on any atom is -0.444 e. The number of morpholine rings is 1. The van der Waals surface area contributed by atoms with Crippen molar-refractivity contribution >= 4 is 23.8 Å². The Balaban J connectivity index is 2.03. The maximum atomic E-state index is 12.2. The van der Waals surface area contributed by atoms with E-state index in [1.807, 2.05) is 39.0 Å². The molecule has 1 atom stereocenters. The largest absolute Gasteiger partial charge is 0.444 e. The number of ether oxygens (including phenoxy) is 2. The Hall–Kier alpha value is -1.52. The number of carbonyl (C=O) groups excluding carboxylic acids is 1. The van der Waals surface area contributed by atoms with Gasteiger partial charge < -0.3 is 14.4 Å². The van der Waals surface area contributed by atoms with E-state index in [2.05, 4.69) is 6.58 Å². The fourth-order valence-corrected chi connectivity index (χ4v) is 2.84. The second kappa shape index (κ2) is 7.37. The normalized spacial score (nSPS) is 18.6. The van der Waals surface area contributed by atoms with Crippen LogP contribution in [0.15, 0.2) is 24.8 Å². The number of hydrogen-bond acceptors (Lipinski definition) is 3. The first kappa shape index (κ1) is 17.8. The van der Waals surface area contributed by atoms with Gasteiger partial charge in [-0.3, -0.25) is 0 Å². The van der Waals surface area contributed by atoms with Gasteiger partial charge in [-0.15, -0.1) is 0 Å². The van der Waals surface area contributed by atoms with Gasteiger partial charge in [-0.25, -0.2) is 4.79 Å². The fraction of sp³-hybridized carbons (Fsp3) is 0.500. The molecule has 0 aromatic heterocycles. The average molecular weight is 338 g/mol. The highest BCUT2D eigenvalue weighted by atomic mass is 35.5. The van der Waals surface area contributed by atoms with Crippen LogP contribution < -0.4 is 0 Å². The third-order valence-electron chi connectivity index (χ3n) is 3.59. The SMILES string of the molecule is C=Cc1c(Cl)cccc1CC1CN(C(=O)OC(C)(C)C)CCO1. The lowest BCUT2D eigenvalue weighted by molar-refractivity contribution is -0.0415. The van der Waals surface area contributed by atoms with Crippen LogP contribution in [-0.4, -0.2) is 42.4 Å². The maximum Gasteiger partial charge on any atom is 0.410 e. The van der Waals surface area contributed by atoms with Crippen LogP contribution >= 0.6 is 11.6 Å². The minimum absolute atomic E-state index is 0.0755. The lowest BCUT2D eigenvalue weighted by Crippen LogP contribution is -2.48. The zero-order chi connectivity index (χ0) is 17.0. The molecule has 0 saturated carbocycles. The molecule has 2 rings (SSSR count). The molecule has 1 aliphatic rings. The van der Waals surface area contributed by atoms with E-state index in [4.69, 9.17) is 21.1 Å². The van der Waals surface area contributed by atoms with E-state index < -0.39 is 5.60 Å². The fourth-order valence-electron chi connectivity index (χ4n) is 2.57. The molecule has 4 nitrogen and oxygen atoms in total. The average Bonchev–Trinajstić information content (AvgIpc) is 2.46. The van der Waals surface area contributed by atoms with Crippen molar-refractivity contribution < 1.29 is 14.3 Å². The molecule has 1 amide bonds. The molecule has 0 radical (unpaired) electrons. The van der Waals surface area contributed by atoms with Gasteiger partial charge in [-0.05, 0) is 38.0 Å². The van der Waals surface area contributed by atoms with E-state index in [-0.39, 0.29) is 12.2 Å². The predicted octanol–water partition coefficient (Wildman–Crippen LogP) is 4.16. The van der Waals surface area contributed by atoms with Gasteiger partial charge in [0, 0.05) is 18.0 Å². The number of carbonyl (C=O) groups is 1. The summed E-state index contributed by atoms with van der Waals surface area (Å²) < 4.78 is 11.2. The van der Waals surface area contributed by atoms with Crippen LogP contribution in [0.3, 0.4) is 0 Å². The summed E-state index contributed by atoms with van der Waals surface area (Å²) in [6.45, 7) is 11.0. The Morgan fingerprint density at radius 2 is 2.26 bits per heavy atom. The summed E-state index contributed by atoms with van der Waals surface area (Å²) in [5.74, 6) is 0. The molecule has 23 heavy (non-hydrogen) atoms. The number of nitrogens with zero attached hydrogens (tertiary/aromatic N) is 1. The minimum atomic E-state index is -0.492. The summed E-state index contributed by atoms with van der Waals surface area (Å²) in [5.41, 5.74) is 1.50. The molecular formula is C18H24ClNO3. The van der Waals surface area contributed by atoms with Gasteiger partial charge in [0.1, 0.15) is 5.60 Å². The van der Waals surface area contributed by atoms with Crippen LogP contribution in [0.4, 0.5) is 4.79 Å². The summed E-state index contributed by atoms with van der Waals surface area (Å²) in [5, 5.41) is 0.678. The van der Waals surface area contributed by atoms with Crippen LogP contribution in [0, 0.1) is 0 Å². The summed E-state index contributed by atoms with van der Waals surface area (Å²) in [6.07, 6.45) is 2.07. The third kappa shape index (κ3) is 4.98. The molecule has 1 heterocycles. The zero-order valence-corrected chi connectivity index (χ0v) is 14.7. The van der Waals surface area contributed by atoms with Crippen molar-refractivity contribution in [2.24, 2.45) is 0 Å². The van der Waals surface area contributed by atoms with E-state index in [9.17, 15) is 4.79 Å². The first-order valence-electron chi connectivity index (χ1n) is 7.79. The molecule has 0 bridgehead atoms. The Kier molecular flexibility index (Phi) is 5.71. The smallest absolute Gasteiger partial charge is 0.410 e. The molecule has 1 aromatic rings.